The van der Waals surface area contributed by atoms with E-state index in [2.05, 4.69) is 5.32 Å². The molecule has 5 nitrogen and oxygen atoms in total. The lowest BCUT2D eigenvalue weighted by Gasteiger charge is -2.09. The first-order chi connectivity index (χ1) is 8.97. The van der Waals surface area contributed by atoms with Crippen LogP contribution in [0.4, 0.5) is 11.4 Å². The van der Waals surface area contributed by atoms with Gasteiger partial charge in [-0.05, 0) is 42.8 Å². The van der Waals surface area contributed by atoms with Crippen molar-refractivity contribution in [3.8, 4) is 11.5 Å². The van der Waals surface area contributed by atoms with Gasteiger partial charge in [0.05, 0.1) is 0 Å². The third-order valence-corrected chi connectivity index (χ3v) is 2.75. The Morgan fingerprint density at radius 2 is 1.84 bits per heavy atom. The van der Waals surface area contributed by atoms with Gasteiger partial charge in [-0.15, -0.1) is 0 Å². The molecular weight excluding hydrogens is 244 g/mol. The Kier molecular flexibility index (Phi) is 3.29. The highest BCUT2D eigenvalue weighted by Crippen LogP contribution is 2.26. The highest BCUT2D eigenvalue weighted by molar-refractivity contribution is 6.05. The third-order valence-electron chi connectivity index (χ3n) is 2.75. The summed E-state index contributed by atoms with van der Waals surface area (Å²) in [6, 6.07) is 9.10. The summed E-state index contributed by atoms with van der Waals surface area (Å²) in [4.78, 5) is 12.0. The molecule has 0 aliphatic heterocycles. The van der Waals surface area contributed by atoms with Gasteiger partial charge in [-0.25, -0.2) is 0 Å². The van der Waals surface area contributed by atoms with Crippen LogP contribution in [0.1, 0.15) is 15.9 Å². The lowest BCUT2D eigenvalue weighted by Crippen LogP contribution is -2.12. The number of nitrogens with two attached hydrogens (primary N) is 1. The van der Waals surface area contributed by atoms with E-state index in [1.807, 2.05) is 6.92 Å². The summed E-state index contributed by atoms with van der Waals surface area (Å²) < 4.78 is 0. The van der Waals surface area contributed by atoms with E-state index in [-0.39, 0.29) is 23.0 Å². The van der Waals surface area contributed by atoms with Crippen LogP contribution < -0.4 is 11.1 Å². The molecule has 0 atom stereocenters. The molecule has 0 aliphatic carbocycles. The molecule has 98 valence electrons. The minimum atomic E-state index is -0.385. The van der Waals surface area contributed by atoms with Crippen LogP contribution in [0.3, 0.4) is 0 Å². The molecule has 19 heavy (non-hydrogen) atoms. The van der Waals surface area contributed by atoms with Gasteiger partial charge in [-0.2, -0.15) is 0 Å². The maximum Gasteiger partial charge on any atom is 0.255 e. The van der Waals surface area contributed by atoms with Gasteiger partial charge < -0.3 is 21.3 Å². The normalized spacial score (nSPS) is 10.2. The minimum absolute atomic E-state index is 0.247. The Balaban J connectivity index is 2.25. The predicted molar refractivity (Wildman–Crippen MR) is 73.3 cm³/mol. The monoisotopic (exact) mass is 258 g/mol. The quantitative estimate of drug-likeness (QED) is 0.490. The second-order valence-electron chi connectivity index (χ2n) is 4.23. The van der Waals surface area contributed by atoms with Crippen molar-refractivity contribution >= 4 is 17.3 Å². The Labute approximate surface area is 110 Å². The fraction of sp³-hybridized carbons (Fsp3) is 0.0714. The first kappa shape index (κ1) is 12.8. The van der Waals surface area contributed by atoms with E-state index in [1.54, 1.807) is 18.2 Å². The van der Waals surface area contributed by atoms with Crippen molar-refractivity contribution in [2.45, 2.75) is 6.92 Å². The molecule has 0 spiro atoms. The molecule has 1 amide bonds. The number of carbonyl (C=O) groups is 1. The first-order valence-corrected chi connectivity index (χ1v) is 5.67. The van der Waals surface area contributed by atoms with Crippen LogP contribution in [0, 0.1) is 6.92 Å². The fourth-order valence-electron chi connectivity index (χ4n) is 1.63. The minimum Gasteiger partial charge on any atom is -0.504 e. The van der Waals surface area contributed by atoms with E-state index < -0.39 is 0 Å². The zero-order chi connectivity index (χ0) is 14.0. The second kappa shape index (κ2) is 4.89. The predicted octanol–water partition coefficient (Wildman–Crippen LogP) is 2.24. The summed E-state index contributed by atoms with van der Waals surface area (Å²) in [5.41, 5.74) is 7.95. The van der Waals surface area contributed by atoms with Crippen molar-refractivity contribution in [1.82, 2.24) is 0 Å². The van der Waals surface area contributed by atoms with E-state index >= 15 is 0 Å². The lowest BCUT2D eigenvalue weighted by molar-refractivity contribution is 0.102. The van der Waals surface area contributed by atoms with Crippen LogP contribution in [0.25, 0.3) is 0 Å². The average molecular weight is 258 g/mol. The molecule has 0 radical (unpaired) electrons. The molecule has 0 bridgehead atoms. The number of anilines is 2. The molecule has 0 heterocycles. The number of aromatic hydroxyl groups is 2. The molecule has 0 saturated heterocycles. The first-order valence-electron chi connectivity index (χ1n) is 5.67. The van der Waals surface area contributed by atoms with E-state index in [0.717, 1.165) is 5.56 Å². The van der Waals surface area contributed by atoms with Crippen molar-refractivity contribution in [3.05, 3.63) is 47.5 Å². The number of hydrogen-bond acceptors (Lipinski definition) is 4. The summed E-state index contributed by atoms with van der Waals surface area (Å²) in [5, 5.41) is 21.3. The third kappa shape index (κ3) is 2.77. The maximum absolute atomic E-state index is 12.0. The van der Waals surface area contributed by atoms with Gasteiger partial charge in [-0.1, -0.05) is 6.07 Å². The number of rotatable bonds is 2. The van der Waals surface area contributed by atoms with Crippen LogP contribution in [-0.4, -0.2) is 16.1 Å². The average Bonchev–Trinajstić information content (AvgIpc) is 2.37. The van der Waals surface area contributed by atoms with Crippen molar-refractivity contribution in [2.24, 2.45) is 0 Å². The second-order valence-corrected chi connectivity index (χ2v) is 4.23. The molecule has 2 rings (SSSR count). The van der Waals surface area contributed by atoms with Crippen molar-refractivity contribution in [2.75, 3.05) is 11.1 Å². The fourth-order valence-corrected chi connectivity index (χ4v) is 1.63. The number of nitrogen functional groups attached to an aromatic ring is 1. The molecule has 0 fully saturated rings. The zero-order valence-electron chi connectivity index (χ0n) is 10.3. The van der Waals surface area contributed by atoms with Gasteiger partial charge in [0.15, 0.2) is 11.5 Å². The van der Waals surface area contributed by atoms with Crippen LogP contribution >= 0.6 is 0 Å². The molecule has 2 aromatic rings. The molecule has 0 unspecified atom stereocenters. The Bertz CT molecular complexity index is 639. The number of phenolic OH excluding ortho intramolecular Hbond substituents is 2. The summed E-state index contributed by atoms with van der Waals surface area (Å²) in [6.45, 7) is 1.85. The van der Waals surface area contributed by atoms with Gasteiger partial charge in [0.1, 0.15) is 0 Å². The van der Waals surface area contributed by atoms with Crippen LogP contribution in [0.15, 0.2) is 36.4 Å². The van der Waals surface area contributed by atoms with E-state index in [1.165, 1.54) is 18.2 Å². The molecule has 5 N–H and O–H groups in total. The standard InChI is InChI=1S/C14H14N2O3/c1-8-2-4-10(15)7-11(8)16-14(19)9-3-5-12(17)13(18)6-9/h2-7,17-18H,15H2,1H3,(H,16,19). The van der Waals surface area contributed by atoms with Crippen LogP contribution in [-0.2, 0) is 0 Å². The summed E-state index contributed by atoms with van der Waals surface area (Å²) in [7, 11) is 0. The van der Waals surface area contributed by atoms with Crippen molar-refractivity contribution in [3.63, 3.8) is 0 Å². The van der Waals surface area contributed by atoms with Crippen molar-refractivity contribution < 1.29 is 15.0 Å². The van der Waals surface area contributed by atoms with Crippen molar-refractivity contribution in [1.29, 1.82) is 0 Å². The zero-order valence-corrected chi connectivity index (χ0v) is 10.3. The topological polar surface area (TPSA) is 95.6 Å². The molecular formula is C14H14N2O3. The largest absolute Gasteiger partial charge is 0.504 e. The number of benzene rings is 2. The highest BCUT2D eigenvalue weighted by Gasteiger charge is 2.10. The van der Waals surface area contributed by atoms with Crippen LogP contribution in [0.5, 0.6) is 11.5 Å². The van der Waals surface area contributed by atoms with E-state index in [9.17, 15) is 15.0 Å². The summed E-state index contributed by atoms with van der Waals surface area (Å²) >= 11 is 0. The van der Waals surface area contributed by atoms with Gasteiger partial charge in [0, 0.05) is 16.9 Å². The number of nitrogens with one attached hydrogen (secondary N) is 1. The Hall–Kier alpha value is -2.69. The SMILES string of the molecule is Cc1ccc(N)cc1NC(=O)c1ccc(O)c(O)c1. The van der Waals surface area contributed by atoms with Gasteiger partial charge in [-0.3, -0.25) is 4.79 Å². The molecule has 0 saturated carbocycles. The number of aryl methyl sites for hydroxylation is 1. The maximum atomic E-state index is 12.0. The smallest absolute Gasteiger partial charge is 0.255 e. The summed E-state index contributed by atoms with van der Waals surface area (Å²) in [6.07, 6.45) is 0. The Morgan fingerprint density at radius 3 is 2.53 bits per heavy atom. The van der Waals surface area contributed by atoms with Crippen LogP contribution in [0.2, 0.25) is 0 Å². The van der Waals surface area contributed by atoms with Gasteiger partial charge in [0.2, 0.25) is 0 Å². The molecule has 2 aromatic carbocycles. The number of hydrogen-bond donors (Lipinski definition) is 4. The summed E-state index contributed by atoms with van der Waals surface area (Å²) in [5.74, 6) is -0.988. The van der Waals surface area contributed by atoms with E-state index in [0.29, 0.717) is 11.4 Å². The van der Waals surface area contributed by atoms with E-state index in [4.69, 9.17) is 5.73 Å². The number of carbonyl (C=O) groups excluding carboxylic acids is 1. The number of amides is 1. The lowest BCUT2D eigenvalue weighted by atomic mass is 10.1. The highest BCUT2D eigenvalue weighted by atomic mass is 16.3. The van der Waals surface area contributed by atoms with Gasteiger partial charge >= 0.3 is 0 Å². The Morgan fingerprint density at radius 1 is 1.11 bits per heavy atom. The molecule has 0 aromatic heterocycles. The molecule has 0 aliphatic rings. The van der Waals surface area contributed by atoms with Gasteiger partial charge in [0.25, 0.3) is 5.91 Å². The number of phenols is 2. The molecule has 5 heteroatoms.